The molecule has 1 nitrogen and oxygen atoms in total. The number of benzene rings is 1. The van der Waals surface area contributed by atoms with Crippen LogP contribution in [0.15, 0.2) is 29.6 Å². The van der Waals surface area contributed by atoms with Crippen LogP contribution in [0.2, 0.25) is 5.82 Å². The molecule has 2 atom stereocenters. The highest BCUT2D eigenvalue weighted by Crippen LogP contribution is 2.43. The summed E-state index contributed by atoms with van der Waals surface area (Å²) in [6.07, 6.45) is 0.187. The molecule has 0 saturated carbocycles. The lowest BCUT2D eigenvalue weighted by Gasteiger charge is -2.25. The first-order valence-electron chi connectivity index (χ1n) is 6.43. The summed E-state index contributed by atoms with van der Waals surface area (Å²) >= 11 is 0. The predicted octanol–water partition coefficient (Wildman–Crippen LogP) is 3.71. The van der Waals surface area contributed by atoms with Crippen molar-refractivity contribution in [2.75, 3.05) is 7.11 Å². The molecule has 0 amide bonds. The molecule has 0 aromatic heterocycles. The molecule has 2 rings (SSSR count). The maximum atomic E-state index is 14.0. The Morgan fingerprint density at radius 3 is 2.26 bits per heavy atom. The third-order valence-electron chi connectivity index (χ3n) is 3.52. The summed E-state index contributed by atoms with van der Waals surface area (Å²) in [4.78, 5) is 0. The zero-order valence-electron chi connectivity index (χ0n) is 12.0. The van der Waals surface area contributed by atoms with Gasteiger partial charge in [0.25, 0.3) is 0 Å². The number of halogens is 7. The van der Waals surface area contributed by atoms with Crippen molar-refractivity contribution in [3.63, 3.8) is 0 Å². The minimum absolute atomic E-state index is 0.187. The minimum Gasteiger partial charge on any atom is -0.491 e. The molecule has 0 N–H and O–H groups in total. The van der Waals surface area contributed by atoms with Gasteiger partial charge in [-0.3, -0.25) is 0 Å². The van der Waals surface area contributed by atoms with Crippen LogP contribution in [0.5, 0.6) is 5.75 Å². The van der Waals surface area contributed by atoms with Crippen molar-refractivity contribution in [2.45, 2.75) is 18.4 Å². The van der Waals surface area contributed by atoms with E-state index < -0.39 is 64.9 Å². The Morgan fingerprint density at radius 1 is 1.09 bits per heavy atom. The van der Waals surface area contributed by atoms with E-state index in [-0.39, 0.29) is 12.1 Å². The first-order valence-corrected chi connectivity index (χ1v) is 6.43. The normalized spacial score (nSPS) is 24.6. The maximum Gasteiger partial charge on any atom is 0.189 e. The molecular formula is C14H10BF7O. The molecule has 124 valence electrons. The standard InChI is InChI=1S/C14H10BF7O/c1-14(22)4-7(18)9(11(20)13(14)21)15-8-5(16)3-6(17)12(23-2)10(8)19/h3-4,9,15H,1-2H3. The van der Waals surface area contributed by atoms with E-state index in [1.165, 1.54) is 0 Å². The Bertz CT molecular complexity index is 712. The largest absolute Gasteiger partial charge is 0.491 e. The van der Waals surface area contributed by atoms with Crippen LogP contribution in [0.1, 0.15) is 6.92 Å². The van der Waals surface area contributed by atoms with Gasteiger partial charge in [0.1, 0.15) is 17.5 Å². The van der Waals surface area contributed by atoms with Crippen LogP contribution >= 0.6 is 0 Å². The highest BCUT2D eigenvalue weighted by atomic mass is 19.2. The van der Waals surface area contributed by atoms with E-state index in [2.05, 4.69) is 4.74 Å². The Morgan fingerprint density at radius 2 is 1.70 bits per heavy atom. The zero-order valence-corrected chi connectivity index (χ0v) is 12.0. The molecule has 1 aromatic rings. The van der Waals surface area contributed by atoms with Crippen molar-refractivity contribution < 1.29 is 35.5 Å². The number of hydrogen-bond acceptors (Lipinski definition) is 1. The van der Waals surface area contributed by atoms with Crippen molar-refractivity contribution in [1.82, 2.24) is 0 Å². The lowest BCUT2D eigenvalue weighted by molar-refractivity contribution is 0.233. The van der Waals surface area contributed by atoms with Gasteiger partial charge in [0, 0.05) is 11.9 Å². The summed E-state index contributed by atoms with van der Waals surface area (Å²) in [5.41, 5.74) is -3.88. The van der Waals surface area contributed by atoms with E-state index in [0.29, 0.717) is 6.92 Å². The van der Waals surface area contributed by atoms with E-state index in [0.717, 1.165) is 7.11 Å². The van der Waals surface area contributed by atoms with Crippen molar-refractivity contribution >= 4 is 12.7 Å². The lowest BCUT2D eigenvalue weighted by Crippen LogP contribution is -2.32. The SMILES string of the molecule is COc1c(F)cc(F)c(BC2C(F)=CC(C)(F)C(F)=C2F)c1F. The molecule has 0 bridgehead atoms. The van der Waals surface area contributed by atoms with Gasteiger partial charge >= 0.3 is 0 Å². The Hall–Kier alpha value is -1.93. The molecule has 0 radical (unpaired) electrons. The van der Waals surface area contributed by atoms with E-state index in [4.69, 9.17) is 0 Å². The van der Waals surface area contributed by atoms with Crippen molar-refractivity contribution in [3.8, 4) is 5.75 Å². The fraction of sp³-hybridized carbons (Fsp3) is 0.286. The molecule has 23 heavy (non-hydrogen) atoms. The molecule has 0 heterocycles. The zero-order chi connectivity index (χ0) is 17.5. The number of alkyl halides is 1. The first-order chi connectivity index (χ1) is 10.6. The van der Waals surface area contributed by atoms with Gasteiger partial charge in [-0.2, -0.15) is 0 Å². The van der Waals surface area contributed by atoms with E-state index >= 15 is 0 Å². The lowest BCUT2D eigenvalue weighted by atomic mass is 9.56. The average molecular weight is 338 g/mol. The third kappa shape index (κ3) is 2.96. The van der Waals surface area contributed by atoms with E-state index in [1.807, 2.05) is 0 Å². The smallest absolute Gasteiger partial charge is 0.189 e. The van der Waals surface area contributed by atoms with Gasteiger partial charge in [0.2, 0.25) is 0 Å². The van der Waals surface area contributed by atoms with Gasteiger partial charge in [0.05, 0.1) is 7.11 Å². The number of hydrogen-bond donors (Lipinski definition) is 0. The summed E-state index contributed by atoms with van der Waals surface area (Å²) < 4.78 is 100. The second kappa shape index (κ2) is 5.94. The van der Waals surface area contributed by atoms with Crippen LogP contribution in [-0.4, -0.2) is 20.1 Å². The summed E-state index contributed by atoms with van der Waals surface area (Å²) in [7, 11) is -0.0923. The molecule has 1 aliphatic rings. The van der Waals surface area contributed by atoms with Gasteiger partial charge in [-0.25, -0.2) is 30.7 Å². The number of rotatable bonds is 3. The highest BCUT2D eigenvalue weighted by Gasteiger charge is 2.41. The number of methoxy groups -OCH3 is 1. The summed E-state index contributed by atoms with van der Waals surface area (Å²) in [5, 5.41) is 0. The molecule has 2 unspecified atom stereocenters. The van der Waals surface area contributed by atoms with Crippen LogP contribution in [0.3, 0.4) is 0 Å². The maximum absolute atomic E-state index is 14.0. The van der Waals surface area contributed by atoms with Crippen LogP contribution < -0.4 is 10.2 Å². The first kappa shape index (κ1) is 17.4. The van der Waals surface area contributed by atoms with Gasteiger partial charge < -0.3 is 4.74 Å². The minimum atomic E-state index is -2.98. The summed E-state index contributed by atoms with van der Waals surface area (Å²) in [6, 6.07) is 0.277. The third-order valence-corrected chi connectivity index (χ3v) is 3.52. The van der Waals surface area contributed by atoms with E-state index in [9.17, 15) is 30.7 Å². The average Bonchev–Trinajstić information content (AvgIpc) is 2.44. The fourth-order valence-electron chi connectivity index (χ4n) is 2.31. The molecule has 0 spiro atoms. The number of ether oxygens (including phenoxy) is 1. The Balaban J connectivity index is 2.48. The van der Waals surface area contributed by atoms with Crippen LogP contribution in [0.25, 0.3) is 0 Å². The van der Waals surface area contributed by atoms with Gasteiger partial charge in [0.15, 0.2) is 36.2 Å². The Labute approximate surface area is 127 Å². The predicted molar refractivity (Wildman–Crippen MR) is 71.3 cm³/mol. The van der Waals surface area contributed by atoms with E-state index in [1.54, 1.807) is 0 Å². The van der Waals surface area contributed by atoms with Crippen LogP contribution in [-0.2, 0) is 0 Å². The van der Waals surface area contributed by atoms with Crippen molar-refractivity contribution in [2.24, 2.45) is 0 Å². The molecular weight excluding hydrogens is 328 g/mol. The molecule has 0 saturated heterocycles. The van der Waals surface area contributed by atoms with Gasteiger partial charge in [-0.1, -0.05) is 0 Å². The number of allylic oxidation sites excluding steroid dienone is 4. The van der Waals surface area contributed by atoms with Crippen molar-refractivity contribution in [3.05, 3.63) is 47.1 Å². The molecule has 1 aliphatic carbocycles. The van der Waals surface area contributed by atoms with Crippen molar-refractivity contribution in [1.29, 1.82) is 0 Å². The topological polar surface area (TPSA) is 9.23 Å². The second-order valence-electron chi connectivity index (χ2n) is 5.19. The van der Waals surface area contributed by atoms with Crippen LogP contribution in [0, 0.1) is 17.5 Å². The van der Waals surface area contributed by atoms with Crippen LogP contribution in [0.4, 0.5) is 30.7 Å². The Kier molecular flexibility index (Phi) is 4.50. The molecule has 0 aliphatic heterocycles. The van der Waals surface area contributed by atoms with Gasteiger partial charge in [-0.05, 0) is 18.5 Å². The molecule has 0 fully saturated rings. The summed E-state index contributed by atoms with van der Waals surface area (Å²) in [6.45, 7) is 0.597. The highest BCUT2D eigenvalue weighted by molar-refractivity contribution is 6.56. The molecule has 1 aromatic carbocycles. The molecule has 9 heteroatoms. The monoisotopic (exact) mass is 338 g/mol. The second-order valence-corrected chi connectivity index (χ2v) is 5.19. The quantitative estimate of drug-likeness (QED) is 0.603. The summed E-state index contributed by atoms with van der Waals surface area (Å²) in [5.74, 6) is -12.4. The van der Waals surface area contributed by atoms with Gasteiger partial charge in [-0.15, -0.1) is 0 Å². The fourth-order valence-corrected chi connectivity index (χ4v) is 2.31.